The Labute approximate surface area is 109 Å². The molecule has 0 heterocycles. The van der Waals surface area contributed by atoms with Gasteiger partial charge in [-0.05, 0) is 31.9 Å². The van der Waals surface area contributed by atoms with Gasteiger partial charge in [-0.15, -0.1) is 0 Å². The number of amides is 1. The van der Waals surface area contributed by atoms with Gasteiger partial charge in [0.05, 0.1) is 6.07 Å². The van der Waals surface area contributed by atoms with Crippen LogP contribution in [0.15, 0.2) is 11.1 Å². The monoisotopic (exact) mass is 249 g/mol. The van der Waals surface area contributed by atoms with Crippen molar-refractivity contribution >= 4 is 5.91 Å². The Balaban J connectivity index is 2.28. The second-order valence-corrected chi connectivity index (χ2v) is 4.81. The molecule has 100 valence electrons. The highest BCUT2D eigenvalue weighted by Crippen LogP contribution is 2.43. The second kappa shape index (κ2) is 7.17. The molecule has 4 heteroatoms. The van der Waals surface area contributed by atoms with Crippen LogP contribution in [0.5, 0.6) is 0 Å². The quantitative estimate of drug-likeness (QED) is 0.644. The molecule has 0 radical (unpaired) electrons. The molecule has 2 atom stereocenters. The smallest absolute Gasteiger partial charge is 0.234 e. The van der Waals surface area contributed by atoms with Gasteiger partial charge in [0.15, 0.2) is 0 Å². The molecule has 1 aliphatic carbocycles. The van der Waals surface area contributed by atoms with Gasteiger partial charge in [0.2, 0.25) is 5.91 Å². The molecule has 18 heavy (non-hydrogen) atoms. The standard InChI is InChI=1S/C14H23N3O/c1-4-8-16-11(3)14-10(2)12(14)6-9-17-13(18)5-7-15/h10-11,16H,4-6,8-9H2,1-3H3,(H,17,18)/t10?,11-/m0/s1. The van der Waals surface area contributed by atoms with Crippen LogP contribution in [0.2, 0.25) is 0 Å². The zero-order chi connectivity index (χ0) is 13.5. The minimum atomic E-state index is -0.176. The Morgan fingerprint density at radius 1 is 1.50 bits per heavy atom. The third-order valence-electron chi connectivity index (χ3n) is 3.40. The number of nitriles is 1. The van der Waals surface area contributed by atoms with Crippen molar-refractivity contribution in [3.05, 3.63) is 11.1 Å². The number of carbonyl (C=O) groups excluding carboxylic acids is 1. The molecular weight excluding hydrogens is 226 g/mol. The first kappa shape index (κ1) is 14.7. The molecule has 1 rings (SSSR count). The third kappa shape index (κ3) is 4.15. The summed E-state index contributed by atoms with van der Waals surface area (Å²) >= 11 is 0. The summed E-state index contributed by atoms with van der Waals surface area (Å²) in [5.74, 6) is 0.405. The largest absolute Gasteiger partial charge is 0.355 e. The highest BCUT2D eigenvalue weighted by molar-refractivity contribution is 5.77. The van der Waals surface area contributed by atoms with E-state index in [4.69, 9.17) is 5.26 Å². The fourth-order valence-electron chi connectivity index (χ4n) is 2.38. The van der Waals surface area contributed by atoms with Crippen LogP contribution in [0.25, 0.3) is 0 Å². The van der Waals surface area contributed by atoms with Crippen LogP contribution in [-0.4, -0.2) is 25.0 Å². The molecule has 1 unspecified atom stereocenters. The number of nitrogens with one attached hydrogen (secondary N) is 2. The summed E-state index contributed by atoms with van der Waals surface area (Å²) in [6.07, 6.45) is 2.01. The number of hydrogen-bond acceptors (Lipinski definition) is 3. The van der Waals surface area contributed by atoms with Gasteiger partial charge in [-0.3, -0.25) is 4.79 Å². The van der Waals surface area contributed by atoms with E-state index in [0.29, 0.717) is 18.5 Å². The van der Waals surface area contributed by atoms with E-state index in [1.807, 2.05) is 6.07 Å². The van der Waals surface area contributed by atoms with Crippen molar-refractivity contribution in [1.82, 2.24) is 10.6 Å². The van der Waals surface area contributed by atoms with Crippen LogP contribution in [0.1, 0.15) is 40.0 Å². The third-order valence-corrected chi connectivity index (χ3v) is 3.40. The number of hydrogen-bond donors (Lipinski definition) is 2. The van der Waals surface area contributed by atoms with Crippen molar-refractivity contribution in [2.75, 3.05) is 13.1 Å². The van der Waals surface area contributed by atoms with E-state index < -0.39 is 0 Å². The predicted molar refractivity (Wildman–Crippen MR) is 71.8 cm³/mol. The number of nitrogens with zero attached hydrogens (tertiary/aromatic N) is 1. The van der Waals surface area contributed by atoms with Gasteiger partial charge in [0, 0.05) is 18.5 Å². The van der Waals surface area contributed by atoms with E-state index in [0.717, 1.165) is 19.4 Å². The normalized spacial score (nSPS) is 19.3. The Bertz CT molecular complexity index is 368. The van der Waals surface area contributed by atoms with Crippen LogP contribution < -0.4 is 10.6 Å². The highest BCUT2D eigenvalue weighted by Gasteiger charge is 2.34. The molecule has 2 N–H and O–H groups in total. The van der Waals surface area contributed by atoms with Gasteiger partial charge in [-0.1, -0.05) is 19.4 Å². The summed E-state index contributed by atoms with van der Waals surface area (Å²) in [6.45, 7) is 8.26. The number of rotatable bonds is 8. The van der Waals surface area contributed by atoms with Crippen LogP contribution >= 0.6 is 0 Å². The van der Waals surface area contributed by atoms with Crippen LogP contribution in [0.4, 0.5) is 0 Å². The van der Waals surface area contributed by atoms with Gasteiger partial charge in [-0.2, -0.15) is 5.26 Å². The Hall–Kier alpha value is -1.34. The van der Waals surface area contributed by atoms with Crippen LogP contribution in [0, 0.1) is 17.2 Å². The first-order valence-corrected chi connectivity index (χ1v) is 6.71. The lowest BCUT2D eigenvalue weighted by Gasteiger charge is -2.09. The van der Waals surface area contributed by atoms with Gasteiger partial charge in [0.1, 0.15) is 6.42 Å². The lowest BCUT2D eigenvalue weighted by molar-refractivity contribution is -0.120. The Morgan fingerprint density at radius 3 is 2.83 bits per heavy atom. The van der Waals surface area contributed by atoms with Crippen LogP contribution in [-0.2, 0) is 4.79 Å². The second-order valence-electron chi connectivity index (χ2n) is 4.81. The molecule has 0 saturated carbocycles. The van der Waals surface area contributed by atoms with Crippen molar-refractivity contribution in [3.63, 3.8) is 0 Å². The van der Waals surface area contributed by atoms with E-state index >= 15 is 0 Å². The molecule has 0 aromatic rings. The molecule has 0 aromatic heterocycles. The fourth-order valence-corrected chi connectivity index (χ4v) is 2.38. The van der Waals surface area contributed by atoms with Crippen LogP contribution in [0.3, 0.4) is 0 Å². The van der Waals surface area contributed by atoms with Gasteiger partial charge < -0.3 is 10.6 Å². The van der Waals surface area contributed by atoms with Crippen molar-refractivity contribution < 1.29 is 4.79 Å². The first-order valence-electron chi connectivity index (χ1n) is 6.71. The fraction of sp³-hybridized carbons (Fsp3) is 0.714. The predicted octanol–water partition coefficient (Wildman–Crippen LogP) is 1.74. The maximum absolute atomic E-state index is 11.1. The lowest BCUT2D eigenvalue weighted by Crippen LogP contribution is -2.26. The molecule has 4 nitrogen and oxygen atoms in total. The summed E-state index contributed by atoms with van der Waals surface area (Å²) in [5.41, 5.74) is 2.96. The maximum Gasteiger partial charge on any atom is 0.234 e. The van der Waals surface area contributed by atoms with E-state index in [1.165, 1.54) is 11.1 Å². The summed E-state index contributed by atoms with van der Waals surface area (Å²) in [4.78, 5) is 11.1. The van der Waals surface area contributed by atoms with E-state index in [1.54, 1.807) is 0 Å². The molecule has 0 aliphatic heterocycles. The van der Waals surface area contributed by atoms with Crippen molar-refractivity contribution in [3.8, 4) is 6.07 Å². The summed E-state index contributed by atoms with van der Waals surface area (Å²) in [5, 5.41) is 14.6. The Morgan fingerprint density at radius 2 is 2.22 bits per heavy atom. The average Bonchev–Trinajstić information content (AvgIpc) is 2.97. The Kier molecular flexibility index (Phi) is 5.87. The van der Waals surface area contributed by atoms with E-state index in [-0.39, 0.29) is 12.3 Å². The molecule has 1 aliphatic rings. The van der Waals surface area contributed by atoms with Gasteiger partial charge in [-0.25, -0.2) is 0 Å². The lowest BCUT2D eigenvalue weighted by atomic mass is 10.2. The van der Waals surface area contributed by atoms with Crippen molar-refractivity contribution in [2.24, 2.45) is 5.92 Å². The molecule has 0 fully saturated rings. The van der Waals surface area contributed by atoms with E-state index in [9.17, 15) is 4.79 Å². The maximum atomic E-state index is 11.1. The number of carbonyl (C=O) groups is 1. The SMILES string of the molecule is CCCN[C@@H](C)C1=C(CCNC(=O)CC#N)C1C. The molecule has 0 saturated heterocycles. The molecule has 0 spiro atoms. The minimum Gasteiger partial charge on any atom is -0.355 e. The average molecular weight is 249 g/mol. The summed E-state index contributed by atoms with van der Waals surface area (Å²) in [7, 11) is 0. The summed E-state index contributed by atoms with van der Waals surface area (Å²) in [6, 6.07) is 2.29. The molecular formula is C14H23N3O. The summed E-state index contributed by atoms with van der Waals surface area (Å²) < 4.78 is 0. The topological polar surface area (TPSA) is 64.9 Å². The van der Waals surface area contributed by atoms with E-state index in [2.05, 4.69) is 31.4 Å². The van der Waals surface area contributed by atoms with Crippen molar-refractivity contribution in [1.29, 1.82) is 5.26 Å². The minimum absolute atomic E-state index is 0.0457. The van der Waals surface area contributed by atoms with Gasteiger partial charge in [0.25, 0.3) is 0 Å². The highest BCUT2D eigenvalue weighted by atomic mass is 16.1. The zero-order valence-corrected chi connectivity index (χ0v) is 11.5. The molecule has 0 aromatic carbocycles. The van der Waals surface area contributed by atoms with Crippen molar-refractivity contribution in [2.45, 2.75) is 46.1 Å². The zero-order valence-electron chi connectivity index (χ0n) is 11.5. The first-order chi connectivity index (χ1) is 8.61. The molecule has 1 amide bonds. The van der Waals surface area contributed by atoms with Gasteiger partial charge >= 0.3 is 0 Å². The molecule has 0 bridgehead atoms.